The highest BCUT2D eigenvalue weighted by atomic mass is 32.2. The summed E-state index contributed by atoms with van der Waals surface area (Å²) < 4.78 is 65.1. The van der Waals surface area contributed by atoms with Crippen LogP contribution in [-0.2, 0) is 14.8 Å². The van der Waals surface area contributed by atoms with Gasteiger partial charge in [-0.15, -0.1) is 0 Å². The van der Waals surface area contributed by atoms with Crippen LogP contribution in [0.5, 0.6) is 5.88 Å². The predicted octanol–water partition coefficient (Wildman–Crippen LogP) is 1.63. The largest absolute Gasteiger partial charge is 0.468 e. The molecule has 1 fully saturated rings. The summed E-state index contributed by atoms with van der Waals surface area (Å²) in [6, 6.07) is 2.58. The van der Waals surface area contributed by atoms with E-state index in [1.54, 1.807) is 0 Å². The van der Waals surface area contributed by atoms with Crippen molar-refractivity contribution in [3.05, 3.63) is 18.3 Å². The van der Waals surface area contributed by atoms with E-state index < -0.39 is 28.7 Å². The van der Waals surface area contributed by atoms with Gasteiger partial charge in [0.15, 0.2) is 6.61 Å². The van der Waals surface area contributed by atoms with E-state index in [0.717, 1.165) is 6.26 Å². The molecule has 11 heteroatoms. The zero-order valence-corrected chi connectivity index (χ0v) is 14.2. The number of hydrogen-bond donors (Lipinski definition) is 1. The van der Waals surface area contributed by atoms with E-state index in [1.165, 1.54) is 22.6 Å². The molecule has 1 amide bonds. The molecule has 2 heterocycles. The monoisotopic (exact) mass is 381 g/mol. The Bertz CT molecular complexity index is 707. The minimum Gasteiger partial charge on any atom is -0.468 e. The summed E-state index contributed by atoms with van der Waals surface area (Å²) in [5.41, 5.74) is 0.292. The molecule has 1 atom stereocenters. The van der Waals surface area contributed by atoms with Gasteiger partial charge >= 0.3 is 6.18 Å². The van der Waals surface area contributed by atoms with E-state index in [9.17, 15) is 26.4 Å². The number of piperidine rings is 1. The van der Waals surface area contributed by atoms with E-state index in [1.807, 2.05) is 0 Å². The lowest BCUT2D eigenvalue weighted by Crippen LogP contribution is -2.43. The number of pyridine rings is 1. The highest BCUT2D eigenvalue weighted by molar-refractivity contribution is 7.88. The first-order chi connectivity index (χ1) is 11.5. The number of aromatic nitrogens is 1. The van der Waals surface area contributed by atoms with E-state index in [4.69, 9.17) is 0 Å². The second-order valence-electron chi connectivity index (χ2n) is 5.74. The van der Waals surface area contributed by atoms with Crippen molar-refractivity contribution >= 4 is 21.6 Å². The summed E-state index contributed by atoms with van der Waals surface area (Å²) >= 11 is 0. The molecule has 0 aliphatic carbocycles. The summed E-state index contributed by atoms with van der Waals surface area (Å²) in [6.45, 7) is -0.963. The molecule has 0 spiro atoms. The fraction of sp³-hybridized carbons (Fsp3) is 0.571. The number of ether oxygens (including phenoxy) is 1. The first-order valence-corrected chi connectivity index (χ1v) is 9.31. The molecule has 1 unspecified atom stereocenters. The number of halogens is 3. The smallest absolute Gasteiger partial charge is 0.422 e. The molecule has 1 aliphatic rings. The summed E-state index contributed by atoms with van der Waals surface area (Å²) in [5, 5.41) is 2.58. The third kappa shape index (κ3) is 6.16. The number of nitrogens with zero attached hydrogens (tertiary/aromatic N) is 2. The highest BCUT2D eigenvalue weighted by Gasteiger charge is 2.30. The summed E-state index contributed by atoms with van der Waals surface area (Å²) in [6.07, 6.45) is -1.05. The number of hydrogen-bond acceptors (Lipinski definition) is 5. The van der Waals surface area contributed by atoms with E-state index in [-0.39, 0.29) is 18.3 Å². The van der Waals surface area contributed by atoms with Crippen LogP contribution in [0.1, 0.15) is 12.8 Å². The maximum atomic E-state index is 12.2. The fourth-order valence-corrected chi connectivity index (χ4v) is 3.31. The Morgan fingerprint density at radius 3 is 2.72 bits per heavy atom. The number of amides is 1. The molecule has 1 aromatic rings. The first-order valence-electron chi connectivity index (χ1n) is 7.46. The van der Waals surface area contributed by atoms with Crippen molar-refractivity contribution in [3.8, 4) is 5.88 Å². The standard InChI is InChI=1S/C14H18F3N3O4S/c1-25(22,23)20-6-2-3-10(8-20)13(21)19-11-4-5-12(18-7-11)24-9-14(15,16)17/h4-5,7,10H,2-3,6,8-9H2,1H3,(H,19,21). The fourth-order valence-electron chi connectivity index (χ4n) is 2.40. The molecular weight excluding hydrogens is 363 g/mol. The lowest BCUT2D eigenvalue weighted by molar-refractivity contribution is -0.154. The quantitative estimate of drug-likeness (QED) is 0.838. The van der Waals surface area contributed by atoms with Crippen LogP contribution in [0, 0.1) is 5.92 Å². The second kappa shape index (κ2) is 7.56. The molecule has 1 aliphatic heterocycles. The molecule has 1 N–H and O–H groups in total. The van der Waals surface area contributed by atoms with Gasteiger partial charge < -0.3 is 10.1 Å². The SMILES string of the molecule is CS(=O)(=O)N1CCCC(C(=O)Nc2ccc(OCC(F)(F)F)nc2)C1. The van der Waals surface area contributed by atoms with Crippen LogP contribution >= 0.6 is 0 Å². The lowest BCUT2D eigenvalue weighted by Gasteiger charge is -2.30. The van der Waals surface area contributed by atoms with Gasteiger partial charge in [0.1, 0.15) is 0 Å². The molecule has 0 saturated carbocycles. The van der Waals surface area contributed by atoms with Gasteiger partial charge in [-0.1, -0.05) is 0 Å². The molecule has 0 radical (unpaired) electrons. The van der Waals surface area contributed by atoms with Crippen molar-refractivity contribution in [3.63, 3.8) is 0 Å². The number of carbonyl (C=O) groups is 1. The number of sulfonamides is 1. The lowest BCUT2D eigenvalue weighted by atomic mass is 9.99. The summed E-state index contributed by atoms with van der Waals surface area (Å²) in [4.78, 5) is 15.9. The van der Waals surface area contributed by atoms with Crippen LogP contribution in [0.3, 0.4) is 0 Å². The molecular formula is C14H18F3N3O4S. The van der Waals surface area contributed by atoms with Gasteiger partial charge in [0.25, 0.3) is 0 Å². The van der Waals surface area contributed by atoms with Crippen LogP contribution in [0.25, 0.3) is 0 Å². The Labute approximate surface area is 143 Å². The second-order valence-corrected chi connectivity index (χ2v) is 7.72. The van der Waals surface area contributed by atoms with E-state index in [2.05, 4.69) is 15.0 Å². The van der Waals surface area contributed by atoms with Crippen molar-refractivity contribution < 1.29 is 31.1 Å². The zero-order chi connectivity index (χ0) is 18.7. The molecule has 0 aromatic carbocycles. The maximum absolute atomic E-state index is 12.2. The van der Waals surface area contributed by atoms with Gasteiger partial charge in [-0.05, 0) is 18.9 Å². The maximum Gasteiger partial charge on any atom is 0.422 e. The van der Waals surface area contributed by atoms with Crippen molar-refractivity contribution in [1.29, 1.82) is 0 Å². The van der Waals surface area contributed by atoms with E-state index >= 15 is 0 Å². The van der Waals surface area contributed by atoms with Crippen molar-refractivity contribution in [2.75, 3.05) is 31.3 Å². The first kappa shape index (κ1) is 19.4. The Morgan fingerprint density at radius 1 is 1.44 bits per heavy atom. The average Bonchev–Trinajstić information content (AvgIpc) is 2.53. The third-order valence-electron chi connectivity index (χ3n) is 3.61. The Hall–Kier alpha value is -1.88. The minimum atomic E-state index is -4.46. The molecule has 2 rings (SSSR count). The van der Waals surface area contributed by atoms with Crippen LogP contribution in [0.15, 0.2) is 18.3 Å². The molecule has 140 valence electrons. The highest BCUT2D eigenvalue weighted by Crippen LogP contribution is 2.21. The van der Waals surface area contributed by atoms with Crippen LogP contribution in [0.2, 0.25) is 0 Å². The number of alkyl halides is 3. The normalized spacial score (nSPS) is 19.4. The molecule has 25 heavy (non-hydrogen) atoms. The van der Waals surface area contributed by atoms with Crippen molar-refractivity contribution in [1.82, 2.24) is 9.29 Å². The van der Waals surface area contributed by atoms with Crippen molar-refractivity contribution in [2.24, 2.45) is 5.92 Å². The van der Waals surface area contributed by atoms with Gasteiger partial charge in [-0.2, -0.15) is 13.2 Å². The minimum absolute atomic E-state index is 0.102. The third-order valence-corrected chi connectivity index (χ3v) is 4.88. The van der Waals surface area contributed by atoms with Gasteiger partial charge in [0.05, 0.1) is 24.1 Å². The van der Waals surface area contributed by atoms with Crippen molar-refractivity contribution in [2.45, 2.75) is 19.0 Å². The molecule has 1 saturated heterocycles. The number of rotatable bonds is 5. The Kier molecular flexibility index (Phi) is 5.88. The molecule has 7 nitrogen and oxygen atoms in total. The van der Waals surface area contributed by atoms with Crippen LogP contribution < -0.4 is 10.1 Å². The average molecular weight is 381 g/mol. The zero-order valence-electron chi connectivity index (χ0n) is 13.4. The number of carbonyl (C=O) groups excluding carboxylic acids is 1. The van der Waals surface area contributed by atoms with Crippen LogP contribution in [0.4, 0.5) is 18.9 Å². The Morgan fingerprint density at radius 2 is 2.16 bits per heavy atom. The topological polar surface area (TPSA) is 88.6 Å². The number of anilines is 1. The Balaban J connectivity index is 1.92. The van der Waals surface area contributed by atoms with Gasteiger partial charge in [-0.3, -0.25) is 4.79 Å². The van der Waals surface area contributed by atoms with E-state index in [0.29, 0.717) is 25.1 Å². The molecule has 1 aromatic heterocycles. The van der Waals surface area contributed by atoms with Gasteiger partial charge in [-0.25, -0.2) is 17.7 Å². The van der Waals surface area contributed by atoms with Crippen LogP contribution in [-0.4, -0.2) is 55.7 Å². The predicted molar refractivity (Wildman–Crippen MR) is 83.6 cm³/mol. The van der Waals surface area contributed by atoms with Gasteiger partial charge in [0, 0.05) is 19.2 Å². The number of nitrogens with one attached hydrogen (secondary N) is 1. The molecule has 0 bridgehead atoms. The van der Waals surface area contributed by atoms with Gasteiger partial charge in [0.2, 0.25) is 21.8 Å². The summed E-state index contributed by atoms with van der Waals surface area (Å²) in [7, 11) is -3.36. The summed E-state index contributed by atoms with van der Waals surface area (Å²) in [5.74, 6) is -1.07.